The highest BCUT2D eigenvalue weighted by Gasteiger charge is 2.18. The Morgan fingerprint density at radius 3 is 2.75 bits per heavy atom. The number of aryl methyl sites for hydroxylation is 1. The summed E-state index contributed by atoms with van der Waals surface area (Å²) in [7, 11) is -3.80. The molecule has 2 rings (SSSR count). The van der Waals surface area contributed by atoms with Gasteiger partial charge in [-0.25, -0.2) is 8.42 Å². The van der Waals surface area contributed by atoms with Gasteiger partial charge in [-0.15, -0.1) is 0 Å². The van der Waals surface area contributed by atoms with E-state index in [4.69, 9.17) is 0 Å². The van der Waals surface area contributed by atoms with E-state index in [1.54, 1.807) is 6.92 Å². The zero-order valence-electron chi connectivity index (χ0n) is 10.5. The number of hydrogen-bond donors (Lipinski definition) is 2. The summed E-state index contributed by atoms with van der Waals surface area (Å²) in [6.07, 6.45) is 2.86. The number of nitrogens with one attached hydrogen (secondary N) is 2. The first-order valence-corrected chi connectivity index (χ1v) is 7.21. The lowest BCUT2D eigenvalue weighted by molar-refractivity contribution is -0.385. The van der Waals surface area contributed by atoms with E-state index in [-0.39, 0.29) is 16.3 Å². The van der Waals surface area contributed by atoms with E-state index >= 15 is 0 Å². The number of aromatic nitrogens is 2. The van der Waals surface area contributed by atoms with Gasteiger partial charge in [-0.3, -0.25) is 19.9 Å². The Bertz CT molecular complexity index is 725. The lowest BCUT2D eigenvalue weighted by Gasteiger charge is -2.07. The predicted octanol–water partition coefficient (Wildman–Crippen LogP) is 1.68. The van der Waals surface area contributed by atoms with Crippen LogP contribution in [0.5, 0.6) is 0 Å². The molecule has 0 amide bonds. The van der Waals surface area contributed by atoms with Crippen molar-refractivity contribution in [1.29, 1.82) is 0 Å². The summed E-state index contributed by atoms with van der Waals surface area (Å²) in [5.74, 6) is 0. The number of sulfonamides is 1. The molecule has 0 radical (unpaired) electrons. The zero-order valence-corrected chi connectivity index (χ0v) is 11.3. The van der Waals surface area contributed by atoms with Crippen LogP contribution >= 0.6 is 0 Å². The molecule has 1 aromatic carbocycles. The number of rotatable bonds is 5. The van der Waals surface area contributed by atoms with E-state index in [1.807, 2.05) is 0 Å². The van der Waals surface area contributed by atoms with Gasteiger partial charge in [0.2, 0.25) is 0 Å². The first-order valence-electron chi connectivity index (χ1n) is 5.73. The van der Waals surface area contributed by atoms with Crippen LogP contribution in [0.1, 0.15) is 12.5 Å². The largest absolute Gasteiger partial charge is 0.284 e. The van der Waals surface area contributed by atoms with Crippen LogP contribution in [0.3, 0.4) is 0 Å². The van der Waals surface area contributed by atoms with E-state index in [0.29, 0.717) is 12.0 Å². The Morgan fingerprint density at radius 1 is 1.45 bits per heavy atom. The maximum absolute atomic E-state index is 12.0. The topological polar surface area (TPSA) is 118 Å². The average molecular weight is 296 g/mol. The summed E-state index contributed by atoms with van der Waals surface area (Å²) in [5, 5.41) is 16.9. The van der Waals surface area contributed by atoms with E-state index in [9.17, 15) is 18.5 Å². The van der Waals surface area contributed by atoms with Crippen molar-refractivity contribution in [3.05, 3.63) is 46.3 Å². The molecule has 106 valence electrons. The molecule has 0 fully saturated rings. The summed E-state index contributed by atoms with van der Waals surface area (Å²) in [6.45, 7) is 1.79. The van der Waals surface area contributed by atoms with Crippen molar-refractivity contribution in [2.24, 2.45) is 0 Å². The maximum Gasteiger partial charge on any atom is 0.274 e. The van der Waals surface area contributed by atoms with Crippen molar-refractivity contribution in [3.8, 4) is 0 Å². The second kappa shape index (κ2) is 5.29. The van der Waals surface area contributed by atoms with Crippen LogP contribution < -0.4 is 4.72 Å². The minimum Gasteiger partial charge on any atom is -0.284 e. The van der Waals surface area contributed by atoms with Gasteiger partial charge in [0.05, 0.1) is 16.8 Å². The molecular formula is C11H12N4O4S. The first kappa shape index (κ1) is 14.0. The van der Waals surface area contributed by atoms with Gasteiger partial charge in [-0.05, 0) is 12.5 Å². The van der Waals surface area contributed by atoms with Crippen molar-refractivity contribution in [3.63, 3.8) is 0 Å². The molecule has 0 aliphatic heterocycles. The molecule has 0 atom stereocenters. The lowest BCUT2D eigenvalue weighted by atomic mass is 10.1. The minimum absolute atomic E-state index is 0.0419. The van der Waals surface area contributed by atoms with E-state index < -0.39 is 14.9 Å². The third-order valence-corrected chi connectivity index (χ3v) is 4.05. The number of nitro benzene ring substituents is 1. The molecule has 0 aliphatic rings. The SMILES string of the molecule is CCc1ccc(NS(=O)(=O)c2cn[nH]c2)cc1[N+](=O)[O-]. The molecule has 0 saturated heterocycles. The van der Waals surface area contributed by atoms with E-state index in [0.717, 1.165) is 6.20 Å². The first-order chi connectivity index (χ1) is 9.44. The molecule has 0 saturated carbocycles. The molecular weight excluding hydrogens is 284 g/mol. The second-order valence-corrected chi connectivity index (χ2v) is 5.68. The highest BCUT2D eigenvalue weighted by Crippen LogP contribution is 2.25. The van der Waals surface area contributed by atoms with Crippen molar-refractivity contribution >= 4 is 21.4 Å². The predicted molar refractivity (Wildman–Crippen MR) is 71.9 cm³/mol. The Kier molecular flexibility index (Phi) is 3.70. The molecule has 8 nitrogen and oxygen atoms in total. The van der Waals surface area contributed by atoms with Crippen molar-refractivity contribution in [2.45, 2.75) is 18.2 Å². The van der Waals surface area contributed by atoms with Crippen LogP contribution in [0.15, 0.2) is 35.5 Å². The number of aromatic amines is 1. The van der Waals surface area contributed by atoms with Crippen molar-refractivity contribution < 1.29 is 13.3 Å². The lowest BCUT2D eigenvalue weighted by Crippen LogP contribution is -2.12. The Balaban J connectivity index is 2.36. The summed E-state index contributed by atoms with van der Waals surface area (Å²) in [4.78, 5) is 10.4. The maximum atomic E-state index is 12.0. The Hall–Kier alpha value is -2.42. The van der Waals surface area contributed by atoms with Gasteiger partial charge >= 0.3 is 0 Å². The van der Waals surface area contributed by atoms with Crippen LogP contribution in [-0.4, -0.2) is 23.5 Å². The quantitative estimate of drug-likeness (QED) is 0.642. The number of nitro groups is 1. The molecule has 0 unspecified atom stereocenters. The summed E-state index contributed by atoms with van der Waals surface area (Å²) < 4.78 is 26.2. The molecule has 20 heavy (non-hydrogen) atoms. The summed E-state index contributed by atoms with van der Waals surface area (Å²) in [6, 6.07) is 4.23. The molecule has 1 heterocycles. The number of hydrogen-bond acceptors (Lipinski definition) is 5. The molecule has 2 N–H and O–H groups in total. The van der Waals surface area contributed by atoms with Crippen molar-refractivity contribution in [1.82, 2.24) is 10.2 Å². The summed E-state index contributed by atoms with van der Waals surface area (Å²) >= 11 is 0. The van der Waals surface area contributed by atoms with E-state index in [1.165, 1.54) is 24.4 Å². The second-order valence-electron chi connectivity index (χ2n) is 3.99. The summed E-state index contributed by atoms with van der Waals surface area (Å²) in [5.41, 5.74) is 0.566. The highest BCUT2D eigenvalue weighted by atomic mass is 32.2. The number of nitrogens with zero attached hydrogens (tertiary/aromatic N) is 2. The molecule has 9 heteroatoms. The standard InChI is InChI=1S/C11H12N4O4S/c1-2-8-3-4-9(5-11(8)15(16)17)14-20(18,19)10-6-12-13-7-10/h3-7,14H,2H2,1H3,(H,12,13). The van der Waals surface area contributed by atoms with Crippen LogP contribution in [0, 0.1) is 10.1 Å². The minimum atomic E-state index is -3.80. The third kappa shape index (κ3) is 2.77. The number of H-pyrrole nitrogens is 1. The fourth-order valence-corrected chi connectivity index (χ4v) is 2.65. The van der Waals surface area contributed by atoms with Crippen LogP contribution in [0.2, 0.25) is 0 Å². The monoisotopic (exact) mass is 296 g/mol. The van der Waals surface area contributed by atoms with Gasteiger partial charge in [0.25, 0.3) is 15.7 Å². The van der Waals surface area contributed by atoms with Gasteiger partial charge in [-0.2, -0.15) is 5.10 Å². The number of anilines is 1. The molecule has 2 aromatic rings. The molecule has 0 aliphatic carbocycles. The molecule has 0 bridgehead atoms. The van der Waals surface area contributed by atoms with Gasteiger partial charge in [0, 0.05) is 17.8 Å². The van der Waals surface area contributed by atoms with Crippen LogP contribution in [0.4, 0.5) is 11.4 Å². The molecule has 1 aromatic heterocycles. The smallest absolute Gasteiger partial charge is 0.274 e. The van der Waals surface area contributed by atoms with Crippen LogP contribution in [-0.2, 0) is 16.4 Å². The fraction of sp³-hybridized carbons (Fsp3) is 0.182. The van der Waals surface area contributed by atoms with Gasteiger partial charge in [0.1, 0.15) is 4.90 Å². The van der Waals surface area contributed by atoms with E-state index in [2.05, 4.69) is 14.9 Å². The fourth-order valence-electron chi connectivity index (χ4n) is 1.70. The third-order valence-electron chi connectivity index (χ3n) is 2.70. The Morgan fingerprint density at radius 2 is 2.20 bits per heavy atom. The average Bonchev–Trinajstić information content (AvgIpc) is 2.92. The zero-order chi connectivity index (χ0) is 14.8. The van der Waals surface area contributed by atoms with Gasteiger partial charge < -0.3 is 0 Å². The normalized spacial score (nSPS) is 11.2. The van der Waals surface area contributed by atoms with Gasteiger partial charge in [0.15, 0.2) is 0 Å². The highest BCUT2D eigenvalue weighted by molar-refractivity contribution is 7.92. The van der Waals surface area contributed by atoms with Crippen LogP contribution in [0.25, 0.3) is 0 Å². The number of benzene rings is 1. The van der Waals surface area contributed by atoms with Gasteiger partial charge in [-0.1, -0.05) is 13.0 Å². The van der Waals surface area contributed by atoms with Crippen molar-refractivity contribution in [2.75, 3.05) is 4.72 Å². The Labute approximate surface area is 115 Å². The molecule has 0 spiro atoms.